The first kappa shape index (κ1) is 16.5. The predicted molar refractivity (Wildman–Crippen MR) is 99.7 cm³/mol. The molecule has 27 heavy (non-hydrogen) atoms. The molecule has 2 aromatic carbocycles. The van der Waals surface area contributed by atoms with E-state index in [4.69, 9.17) is 4.74 Å². The highest BCUT2D eigenvalue weighted by Crippen LogP contribution is 2.44. The Morgan fingerprint density at radius 2 is 1.52 bits per heavy atom. The van der Waals surface area contributed by atoms with Crippen LogP contribution in [0.5, 0.6) is 23.0 Å². The van der Waals surface area contributed by atoms with Crippen LogP contribution in [0.3, 0.4) is 0 Å². The SMILES string of the molecule is O=C(O)c1cc(-c2ccc(Oc3ccccc3)cc2)[nH]c2c(O)cc(O)c1-2. The van der Waals surface area contributed by atoms with Crippen molar-refractivity contribution in [2.45, 2.75) is 0 Å². The Morgan fingerprint density at radius 1 is 0.852 bits per heavy atom. The second-order valence-corrected chi connectivity index (χ2v) is 6.01. The lowest BCUT2D eigenvalue weighted by molar-refractivity contribution is 0.0697. The molecule has 4 rings (SSSR count). The maximum atomic E-state index is 11.6. The van der Waals surface area contributed by atoms with E-state index in [0.717, 1.165) is 6.07 Å². The molecule has 1 heterocycles. The molecule has 0 saturated heterocycles. The van der Waals surface area contributed by atoms with Crippen molar-refractivity contribution in [1.29, 1.82) is 0 Å². The molecule has 6 nitrogen and oxygen atoms in total. The summed E-state index contributed by atoms with van der Waals surface area (Å²) < 4.78 is 5.75. The van der Waals surface area contributed by atoms with Gasteiger partial charge in [0.25, 0.3) is 0 Å². The third kappa shape index (κ3) is 3.04. The number of nitrogens with one attached hydrogen (secondary N) is 1. The van der Waals surface area contributed by atoms with Crippen LogP contribution in [-0.2, 0) is 0 Å². The number of rotatable bonds is 4. The van der Waals surface area contributed by atoms with Crippen molar-refractivity contribution in [1.82, 2.24) is 4.98 Å². The Bertz CT molecular complexity index is 1080. The number of aromatic amines is 1. The fraction of sp³-hybridized carbons (Fsp3) is 0. The lowest BCUT2D eigenvalue weighted by atomic mass is 10.0. The van der Waals surface area contributed by atoms with Crippen molar-refractivity contribution < 1.29 is 24.9 Å². The first-order chi connectivity index (χ1) is 13.0. The van der Waals surface area contributed by atoms with Crippen molar-refractivity contribution >= 4 is 5.97 Å². The molecule has 0 bridgehead atoms. The maximum Gasteiger partial charge on any atom is 0.336 e. The lowest BCUT2D eigenvalue weighted by Gasteiger charge is -2.12. The molecule has 0 aromatic heterocycles. The van der Waals surface area contributed by atoms with Crippen LogP contribution < -0.4 is 4.74 Å². The molecule has 0 fully saturated rings. The van der Waals surface area contributed by atoms with E-state index in [9.17, 15) is 20.1 Å². The number of carbonyl (C=O) groups is 1. The molecule has 1 aliphatic heterocycles. The predicted octanol–water partition coefficient (Wildman–Crippen LogP) is 4.69. The van der Waals surface area contributed by atoms with Gasteiger partial charge in [0.15, 0.2) is 0 Å². The van der Waals surface area contributed by atoms with Crippen LogP contribution in [0.2, 0.25) is 0 Å². The van der Waals surface area contributed by atoms with Gasteiger partial charge in [0.2, 0.25) is 0 Å². The van der Waals surface area contributed by atoms with Gasteiger partial charge >= 0.3 is 5.97 Å². The highest BCUT2D eigenvalue weighted by atomic mass is 16.5. The molecule has 0 saturated carbocycles. The van der Waals surface area contributed by atoms with Gasteiger partial charge in [-0.05, 0) is 48.0 Å². The zero-order valence-electron chi connectivity index (χ0n) is 14.0. The van der Waals surface area contributed by atoms with Crippen molar-refractivity contribution in [2.24, 2.45) is 0 Å². The Labute approximate surface area is 154 Å². The van der Waals surface area contributed by atoms with E-state index in [0.29, 0.717) is 22.8 Å². The molecule has 0 amide bonds. The summed E-state index contributed by atoms with van der Waals surface area (Å²) in [6, 6.07) is 19.0. The number of benzene rings is 2. The second kappa shape index (κ2) is 6.42. The van der Waals surface area contributed by atoms with E-state index >= 15 is 0 Å². The molecule has 134 valence electrons. The fourth-order valence-electron chi connectivity index (χ4n) is 2.97. The number of aromatic carboxylic acids is 1. The van der Waals surface area contributed by atoms with Gasteiger partial charge in [-0.25, -0.2) is 4.79 Å². The van der Waals surface area contributed by atoms with E-state index in [1.54, 1.807) is 24.3 Å². The third-order valence-electron chi connectivity index (χ3n) is 4.23. The average molecular weight is 361 g/mol. The number of hydrogen-bond donors (Lipinski definition) is 4. The van der Waals surface area contributed by atoms with Gasteiger partial charge in [0, 0.05) is 11.8 Å². The number of ether oxygens (including phenoxy) is 1. The minimum absolute atomic E-state index is 0.0766. The zero-order chi connectivity index (χ0) is 19.0. The Balaban J connectivity index is 1.73. The average Bonchev–Trinajstić information content (AvgIpc) is 2.96. The Morgan fingerprint density at radius 3 is 2.19 bits per heavy atom. The lowest BCUT2D eigenvalue weighted by Crippen LogP contribution is -2.02. The zero-order valence-corrected chi connectivity index (χ0v) is 14.0. The van der Waals surface area contributed by atoms with Gasteiger partial charge in [0.1, 0.15) is 23.0 Å². The Hall–Kier alpha value is -3.93. The number of carboxylic acid groups (broad SMARTS) is 1. The number of aromatic hydroxyl groups is 2. The standard InChI is InChI=1S/C21H15NO5/c23-17-11-18(24)20-19(17)15(21(25)26)10-16(22-20)12-6-8-14(9-7-12)27-13-4-2-1-3-5-13/h1-11,22-24H,(H,25,26). The van der Waals surface area contributed by atoms with Crippen molar-refractivity contribution in [3.63, 3.8) is 0 Å². The summed E-state index contributed by atoms with van der Waals surface area (Å²) in [6.07, 6.45) is 0. The molecule has 1 aliphatic carbocycles. The monoisotopic (exact) mass is 361 g/mol. The summed E-state index contributed by atoms with van der Waals surface area (Å²) in [6.45, 7) is 0. The van der Waals surface area contributed by atoms with Crippen LogP contribution >= 0.6 is 0 Å². The molecule has 4 N–H and O–H groups in total. The molecule has 0 unspecified atom stereocenters. The largest absolute Gasteiger partial charge is 0.507 e. The molecule has 2 aromatic rings. The molecule has 2 aliphatic rings. The van der Waals surface area contributed by atoms with Gasteiger partial charge < -0.3 is 25.0 Å². The minimum atomic E-state index is -1.19. The van der Waals surface area contributed by atoms with E-state index in [2.05, 4.69) is 4.98 Å². The molecule has 0 spiro atoms. The number of H-pyrrole nitrogens is 1. The Kier molecular flexibility index (Phi) is 3.93. The van der Waals surface area contributed by atoms with E-state index in [-0.39, 0.29) is 28.3 Å². The second-order valence-electron chi connectivity index (χ2n) is 6.01. The number of aromatic nitrogens is 1. The number of hydrogen-bond acceptors (Lipinski definition) is 4. The summed E-state index contributed by atoms with van der Waals surface area (Å²) in [4.78, 5) is 14.6. The maximum absolute atomic E-state index is 11.6. The van der Waals surface area contributed by atoms with E-state index < -0.39 is 5.97 Å². The third-order valence-corrected chi connectivity index (χ3v) is 4.23. The van der Waals surface area contributed by atoms with Gasteiger partial charge in [-0.15, -0.1) is 0 Å². The van der Waals surface area contributed by atoms with Crippen LogP contribution in [0.4, 0.5) is 0 Å². The molecular formula is C21H15NO5. The minimum Gasteiger partial charge on any atom is -0.507 e. The summed E-state index contributed by atoms with van der Waals surface area (Å²) >= 11 is 0. The van der Waals surface area contributed by atoms with E-state index in [1.807, 2.05) is 30.3 Å². The summed E-state index contributed by atoms with van der Waals surface area (Å²) in [7, 11) is 0. The highest BCUT2D eigenvalue weighted by molar-refractivity contribution is 6.01. The van der Waals surface area contributed by atoms with Crippen molar-refractivity contribution in [2.75, 3.05) is 0 Å². The van der Waals surface area contributed by atoms with Gasteiger partial charge in [-0.2, -0.15) is 0 Å². The number of carboxylic acids is 1. The number of fused-ring (bicyclic) bond motifs is 1. The van der Waals surface area contributed by atoms with Crippen LogP contribution in [0.15, 0.2) is 66.7 Å². The number of para-hydroxylation sites is 1. The molecule has 0 radical (unpaired) electrons. The normalized spacial score (nSPS) is 10.8. The topological polar surface area (TPSA) is 103 Å². The summed E-state index contributed by atoms with van der Waals surface area (Å²) in [5, 5.41) is 29.3. The first-order valence-corrected chi connectivity index (χ1v) is 8.17. The van der Waals surface area contributed by atoms with Crippen molar-refractivity contribution in [3.05, 3.63) is 72.3 Å². The molecule has 6 heteroatoms. The van der Waals surface area contributed by atoms with Gasteiger partial charge in [-0.3, -0.25) is 0 Å². The van der Waals surface area contributed by atoms with Crippen LogP contribution in [-0.4, -0.2) is 26.3 Å². The van der Waals surface area contributed by atoms with Crippen LogP contribution in [0.25, 0.3) is 22.5 Å². The highest BCUT2D eigenvalue weighted by Gasteiger charge is 2.24. The summed E-state index contributed by atoms with van der Waals surface area (Å²) in [5.74, 6) is -0.341. The van der Waals surface area contributed by atoms with E-state index in [1.165, 1.54) is 6.07 Å². The van der Waals surface area contributed by atoms with Crippen LogP contribution in [0.1, 0.15) is 10.4 Å². The van der Waals surface area contributed by atoms with Gasteiger partial charge in [-0.1, -0.05) is 18.2 Å². The molecular weight excluding hydrogens is 346 g/mol. The smallest absolute Gasteiger partial charge is 0.336 e. The molecule has 0 atom stereocenters. The fourth-order valence-corrected chi connectivity index (χ4v) is 2.97. The van der Waals surface area contributed by atoms with Gasteiger partial charge in [0.05, 0.1) is 16.8 Å². The quantitative estimate of drug-likeness (QED) is 0.422. The summed E-state index contributed by atoms with van der Waals surface area (Å²) in [5.41, 5.74) is 1.35. The van der Waals surface area contributed by atoms with Crippen molar-refractivity contribution in [3.8, 4) is 45.5 Å². The van der Waals surface area contributed by atoms with Crippen LogP contribution in [0, 0.1) is 0 Å². The number of pyridine rings is 1. The first-order valence-electron chi connectivity index (χ1n) is 8.17.